The summed E-state index contributed by atoms with van der Waals surface area (Å²) in [5.74, 6) is -0.0764. The van der Waals surface area contributed by atoms with Gasteiger partial charge >= 0.3 is 0 Å². The molecule has 1 aliphatic heterocycles. The highest BCUT2D eigenvalue weighted by Gasteiger charge is 2.42. The van der Waals surface area contributed by atoms with E-state index in [2.05, 4.69) is 15.2 Å². The zero-order valence-electron chi connectivity index (χ0n) is 17.4. The molecule has 32 heavy (non-hydrogen) atoms. The van der Waals surface area contributed by atoms with Crippen LogP contribution in [-0.2, 0) is 6.54 Å². The number of carbonyl (C=O) groups is 1. The second kappa shape index (κ2) is 8.45. The van der Waals surface area contributed by atoms with Crippen molar-refractivity contribution in [3.05, 3.63) is 93.6 Å². The maximum absolute atomic E-state index is 13.4. The summed E-state index contributed by atoms with van der Waals surface area (Å²) < 4.78 is 2.00. The van der Waals surface area contributed by atoms with Crippen LogP contribution in [0.1, 0.15) is 39.6 Å². The molecule has 0 radical (unpaired) electrons. The Bertz CT molecular complexity index is 1260. The summed E-state index contributed by atoms with van der Waals surface area (Å²) in [4.78, 5) is 19.4. The summed E-state index contributed by atoms with van der Waals surface area (Å²) >= 11 is 12.8. The number of aromatic nitrogens is 4. The van der Waals surface area contributed by atoms with Gasteiger partial charge in [0.2, 0.25) is 0 Å². The van der Waals surface area contributed by atoms with Crippen LogP contribution in [0.25, 0.3) is 11.3 Å². The van der Waals surface area contributed by atoms with Crippen LogP contribution in [0.5, 0.6) is 0 Å². The van der Waals surface area contributed by atoms with Crippen molar-refractivity contribution < 1.29 is 4.79 Å². The van der Waals surface area contributed by atoms with Gasteiger partial charge in [-0.25, -0.2) is 4.98 Å². The van der Waals surface area contributed by atoms with Crippen LogP contribution in [-0.4, -0.2) is 37.1 Å². The van der Waals surface area contributed by atoms with Crippen LogP contribution in [0.3, 0.4) is 0 Å². The smallest absolute Gasteiger partial charge is 0.273 e. The summed E-state index contributed by atoms with van der Waals surface area (Å²) in [6.07, 6.45) is 6.23. The first kappa shape index (κ1) is 20.8. The summed E-state index contributed by atoms with van der Waals surface area (Å²) in [6, 6.07) is 13.2. The van der Waals surface area contributed by atoms with Crippen molar-refractivity contribution in [1.29, 1.82) is 0 Å². The number of carbonyl (C=O) groups excluding carboxylic acids is 1. The number of fused-ring (bicyclic) bond motifs is 1. The van der Waals surface area contributed by atoms with E-state index in [9.17, 15) is 4.79 Å². The van der Waals surface area contributed by atoms with Gasteiger partial charge in [0.1, 0.15) is 5.69 Å². The Labute approximate surface area is 195 Å². The van der Waals surface area contributed by atoms with E-state index in [1.54, 1.807) is 24.7 Å². The van der Waals surface area contributed by atoms with Gasteiger partial charge in [0, 0.05) is 46.7 Å². The molecule has 4 aromatic rings. The number of benzene rings is 2. The van der Waals surface area contributed by atoms with Gasteiger partial charge in [-0.15, -0.1) is 0 Å². The van der Waals surface area contributed by atoms with Gasteiger partial charge in [0.25, 0.3) is 5.91 Å². The summed E-state index contributed by atoms with van der Waals surface area (Å²) in [6.45, 7) is 3.37. The van der Waals surface area contributed by atoms with E-state index < -0.39 is 0 Å². The number of nitrogens with zero attached hydrogens (tertiary/aromatic N) is 4. The van der Waals surface area contributed by atoms with E-state index in [0.717, 1.165) is 40.9 Å². The highest BCUT2D eigenvalue weighted by Crippen LogP contribution is 2.45. The molecule has 0 bridgehead atoms. The predicted octanol–water partition coefficient (Wildman–Crippen LogP) is 5.52. The fourth-order valence-electron chi connectivity index (χ4n) is 4.25. The molecule has 5 rings (SSSR count). The number of hydrogen-bond donors (Lipinski definition) is 1. The highest BCUT2D eigenvalue weighted by atomic mass is 35.5. The normalized spacial score (nSPS) is 15.4. The van der Waals surface area contributed by atoms with E-state index in [4.69, 9.17) is 23.2 Å². The van der Waals surface area contributed by atoms with Crippen LogP contribution in [0.4, 0.5) is 0 Å². The van der Waals surface area contributed by atoms with Gasteiger partial charge in [-0.3, -0.25) is 9.89 Å². The molecule has 162 valence electrons. The third-order valence-electron chi connectivity index (χ3n) is 5.82. The fourth-order valence-corrected chi connectivity index (χ4v) is 4.76. The number of rotatable bonds is 6. The minimum atomic E-state index is -0.347. The molecule has 6 nitrogen and oxygen atoms in total. The molecule has 0 fully saturated rings. The minimum absolute atomic E-state index is 0.0764. The van der Waals surface area contributed by atoms with Crippen LogP contribution < -0.4 is 0 Å². The molecule has 0 spiro atoms. The van der Waals surface area contributed by atoms with Gasteiger partial charge in [-0.05, 0) is 31.0 Å². The van der Waals surface area contributed by atoms with Gasteiger partial charge in [0.15, 0.2) is 0 Å². The molecule has 8 heteroatoms. The fraction of sp³-hybridized carbons (Fsp3) is 0.208. The van der Waals surface area contributed by atoms with E-state index in [0.29, 0.717) is 22.3 Å². The number of aryl methyl sites for hydroxylation is 2. The van der Waals surface area contributed by atoms with Crippen molar-refractivity contribution in [2.45, 2.75) is 25.9 Å². The molecular formula is C24H21Cl2N5O. The first-order valence-electron chi connectivity index (χ1n) is 10.4. The first-order valence-corrected chi connectivity index (χ1v) is 11.2. The van der Waals surface area contributed by atoms with Gasteiger partial charge < -0.3 is 9.47 Å². The molecule has 1 aliphatic rings. The SMILES string of the molecule is Cc1ccc(-c2n[nH]c3c2C(c2ccc(Cl)cc2Cl)N(CCCn2ccnc2)C3=O)cc1. The van der Waals surface area contributed by atoms with Crippen molar-refractivity contribution in [1.82, 2.24) is 24.6 Å². The Hall–Kier alpha value is -3.09. The Kier molecular flexibility index (Phi) is 5.49. The Morgan fingerprint density at radius 1 is 1.09 bits per heavy atom. The van der Waals surface area contributed by atoms with Gasteiger partial charge in [0.05, 0.1) is 18.1 Å². The zero-order chi connectivity index (χ0) is 22.2. The predicted molar refractivity (Wildman–Crippen MR) is 125 cm³/mol. The molecule has 1 N–H and O–H groups in total. The molecule has 1 unspecified atom stereocenters. The number of halogens is 2. The second-order valence-electron chi connectivity index (χ2n) is 7.95. The Balaban J connectivity index is 1.56. The Morgan fingerprint density at radius 3 is 2.62 bits per heavy atom. The number of amides is 1. The van der Waals surface area contributed by atoms with E-state index in [1.165, 1.54) is 0 Å². The molecule has 2 aromatic carbocycles. The first-order chi connectivity index (χ1) is 15.5. The standard InChI is InChI=1S/C24H21Cl2N5O/c1-15-3-5-16(6-4-15)21-20-22(29-28-21)24(32)31(11-2-10-30-12-9-27-14-30)23(20)18-8-7-17(25)13-19(18)26/h3-9,12-14,23H,2,10-11H2,1H3,(H,28,29). The van der Waals surface area contributed by atoms with E-state index in [1.807, 2.05) is 52.9 Å². The molecule has 1 atom stereocenters. The molecule has 2 aromatic heterocycles. The third kappa shape index (κ3) is 3.70. The van der Waals surface area contributed by atoms with Crippen molar-refractivity contribution in [2.24, 2.45) is 0 Å². The van der Waals surface area contributed by atoms with Gasteiger partial charge in [-0.1, -0.05) is 59.1 Å². The monoisotopic (exact) mass is 465 g/mol. The lowest BCUT2D eigenvalue weighted by molar-refractivity contribution is 0.0739. The summed E-state index contributed by atoms with van der Waals surface area (Å²) in [5.41, 5.74) is 5.08. The average molecular weight is 466 g/mol. The van der Waals surface area contributed by atoms with E-state index in [-0.39, 0.29) is 11.9 Å². The van der Waals surface area contributed by atoms with E-state index >= 15 is 0 Å². The van der Waals surface area contributed by atoms with Gasteiger partial charge in [-0.2, -0.15) is 5.10 Å². The topological polar surface area (TPSA) is 66.8 Å². The lowest BCUT2D eigenvalue weighted by Crippen LogP contribution is -2.31. The minimum Gasteiger partial charge on any atom is -0.337 e. The summed E-state index contributed by atoms with van der Waals surface area (Å²) in [7, 11) is 0. The largest absolute Gasteiger partial charge is 0.337 e. The number of H-pyrrole nitrogens is 1. The quantitative estimate of drug-likeness (QED) is 0.407. The zero-order valence-corrected chi connectivity index (χ0v) is 18.9. The second-order valence-corrected chi connectivity index (χ2v) is 8.79. The van der Waals surface area contributed by atoms with Crippen molar-refractivity contribution >= 4 is 29.1 Å². The number of imidazole rings is 1. The van der Waals surface area contributed by atoms with Crippen LogP contribution in [0.15, 0.2) is 61.2 Å². The van der Waals surface area contributed by atoms with Crippen molar-refractivity contribution in [3.8, 4) is 11.3 Å². The molecule has 0 saturated carbocycles. The van der Waals surface area contributed by atoms with Crippen LogP contribution in [0, 0.1) is 6.92 Å². The molecule has 1 amide bonds. The number of aromatic amines is 1. The third-order valence-corrected chi connectivity index (χ3v) is 6.38. The number of hydrogen-bond acceptors (Lipinski definition) is 3. The molecular weight excluding hydrogens is 445 g/mol. The molecule has 3 heterocycles. The van der Waals surface area contributed by atoms with Crippen LogP contribution >= 0.6 is 23.2 Å². The lowest BCUT2D eigenvalue weighted by atomic mass is 9.95. The van der Waals surface area contributed by atoms with Crippen LogP contribution in [0.2, 0.25) is 10.0 Å². The summed E-state index contributed by atoms with van der Waals surface area (Å²) in [5, 5.41) is 8.58. The maximum Gasteiger partial charge on any atom is 0.273 e. The lowest BCUT2D eigenvalue weighted by Gasteiger charge is -2.27. The molecule has 0 saturated heterocycles. The Morgan fingerprint density at radius 2 is 1.91 bits per heavy atom. The van der Waals surface area contributed by atoms with Crippen molar-refractivity contribution in [3.63, 3.8) is 0 Å². The number of nitrogens with one attached hydrogen (secondary N) is 1. The average Bonchev–Trinajstić information content (AvgIpc) is 3.49. The highest BCUT2D eigenvalue weighted by molar-refractivity contribution is 6.35. The molecule has 0 aliphatic carbocycles. The van der Waals surface area contributed by atoms with Crippen molar-refractivity contribution in [2.75, 3.05) is 6.54 Å². The maximum atomic E-state index is 13.4.